The van der Waals surface area contributed by atoms with Crippen molar-refractivity contribution in [3.63, 3.8) is 0 Å². The van der Waals surface area contributed by atoms with Crippen LogP contribution in [0.3, 0.4) is 0 Å². The number of nitrogens with one attached hydrogen (secondary N) is 3. The highest BCUT2D eigenvalue weighted by molar-refractivity contribution is 14.0. The van der Waals surface area contributed by atoms with Crippen molar-refractivity contribution in [3.8, 4) is 0 Å². The fraction of sp³-hybridized carbons (Fsp3) is 0.375. The second-order valence-electron chi connectivity index (χ2n) is 7.73. The summed E-state index contributed by atoms with van der Waals surface area (Å²) in [4.78, 5) is 10.1. The summed E-state index contributed by atoms with van der Waals surface area (Å²) in [5, 5.41) is 8.12. The molecule has 3 N–H and O–H groups in total. The van der Waals surface area contributed by atoms with Crippen LogP contribution in [0, 0.1) is 6.92 Å². The van der Waals surface area contributed by atoms with Gasteiger partial charge in [0.25, 0.3) is 0 Å². The van der Waals surface area contributed by atoms with Crippen molar-refractivity contribution in [3.05, 3.63) is 65.4 Å². The Morgan fingerprint density at radius 2 is 1.87 bits per heavy atom. The van der Waals surface area contributed by atoms with E-state index in [2.05, 4.69) is 81.1 Å². The maximum atomic E-state index is 5.43. The van der Waals surface area contributed by atoms with Gasteiger partial charge in [0.1, 0.15) is 0 Å². The minimum atomic E-state index is 0. The number of guanidine groups is 1. The van der Waals surface area contributed by atoms with Gasteiger partial charge in [-0.25, -0.2) is 0 Å². The number of morpholine rings is 1. The number of halogens is 1. The number of H-pyrrole nitrogens is 1. The summed E-state index contributed by atoms with van der Waals surface area (Å²) >= 11 is 0. The predicted octanol–water partition coefficient (Wildman–Crippen LogP) is 3.84. The van der Waals surface area contributed by atoms with E-state index in [9.17, 15) is 0 Å². The Kier molecular flexibility index (Phi) is 8.60. The average Bonchev–Trinajstić information content (AvgIpc) is 3.19. The van der Waals surface area contributed by atoms with E-state index in [0.29, 0.717) is 0 Å². The highest BCUT2D eigenvalue weighted by Crippen LogP contribution is 2.20. The smallest absolute Gasteiger partial charge is 0.191 e. The molecule has 6 nitrogen and oxygen atoms in total. The molecule has 0 aliphatic carbocycles. The van der Waals surface area contributed by atoms with Crippen LogP contribution in [-0.4, -0.2) is 50.8 Å². The fourth-order valence-corrected chi connectivity index (χ4v) is 3.88. The molecule has 0 saturated carbocycles. The first kappa shape index (κ1) is 23.4. The average molecular weight is 533 g/mol. The first-order valence-corrected chi connectivity index (χ1v) is 10.7. The molecule has 2 aromatic carbocycles. The van der Waals surface area contributed by atoms with E-state index in [4.69, 9.17) is 4.74 Å². The number of anilines is 1. The second kappa shape index (κ2) is 11.4. The van der Waals surface area contributed by atoms with Gasteiger partial charge in [-0.1, -0.05) is 24.3 Å². The first-order valence-electron chi connectivity index (χ1n) is 10.7. The fourth-order valence-electron chi connectivity index (χ4n) is 3.88. The van der Waals surface area contributed by atoms with E-state index in [1.54, 1.807) is 0 Å². The number of aromatic nitrogens is 1. The zero-order valence-electron chi connectivity index (χ0n) is 18.3. The van der Waals surface area contributed by atoms with E-state index in [-0.39, 0.29) is 24.0 Å². The Hall–Kier alpha value is -2.26. The summed E-state index contributed by atoms with van der Waals surface area (Å²) in [5.74, 6) is 0.822. The summed E-state index contributed by atoms with van der Waals surface area (Å²) in [7, 11) is 1.81. The highest BCUT2D eigenvalue weighted by atomic mass is 127. The number of benzene rings is 2. The lowest BCUT2D eigenvalue weighted by Crippen LogP contribution is -2.38. The van der Waals surface area contributed by atoms with Crippen LogP contribution in [0.4, 0.5) is 5.69 Å². The molecule has 0 radical (unpaired) electrons. The maximum Gasteiger partial charge on any atom is 0.191 e. The predicted molar refractivity (Wildman–Crippen MR) is 140 cm³/mol. The minimum absolute atomic E-state index is 0. The Morgan fingerprint density at radius 1 is 1.10 bits per heavy atom. The van der Waals surface area contributed by atoms with Gasteiger partial charge in [-0.2, -0.15) is 0 Å². The lowest BCUT2D eigenvalue weighted by Gasteiger charge is -2.28. The highest BCUT2D eigenvalue weighted by Gasteiger charge is 2.11. The number of hydrogen-bond donors (Lipinski definition) is 3. The van der Waals surface area contributed by atoms with Gasteiger partial charge in [0.15, 0.2) is 5.96 Å². The Balaban J connectivity index is 0.00000272. The zero-order chi connectivity index (χ0) is 20.8. The van der Waals surface area contributed by atoms with E-state index < -0.39 is 0 Å². The number of nitrogens with zero attached hydrogens (tertiary/aromatic N) is 2. The molecular weight excluding hydrogens is 501 g/mol. The van der Waals surface area contributed by atoms with E-state index in [0.717, 1.165) is 51.8 Å². The molecule has 1 aromatic heterocycles. The lowest BCUT2D eigenvalue weighted by atomic mass is 10.1. The van der Waals surface area contributed by atoms with Gasteiger partial charge in [0.05, 0.1) is 13.2 Å². The summed E-state index contributed by atoms with van der Waals surface area (Å²) in [5.41, 5.74) is 6.30. The Bertz CT molecular complexity index is 993. The molecule has 1 saturated heterocycles. The lowest BCUT2D eigenvalue weighted by molar-refractivity contribution is 0.122. The summed E-state index contributed by atoms with van der Waals surface area (Å²) < 4.78 is 5.43. The van der Waals surface area contributed by atoms with Gasteiger partial charge in [-0.15, -0.1) is 24.0 Å². The van der Waals surface area contributed by atoms with Crippen molar-refractivity contribution < 1.29 is 4.74 Å². The molecule has 31 heavy (non-hydrogen) atoms. The van der Waals surface area contributed by atoms with Crippen molar-refractivity contribution in [2.75, 3.05) is 44.8 Å². The maximum absolute atomic E-state index is 5.43. The van der Waals surface area contributed by atoms with Crippen LogP contribution in [-0.2, 0) is 17.7 Å². The number of aromatic amines is 1. The normalized spacial score (nSPS) is 14.4. The van der Waals surface area contributed by atoms with Crippen LogP contribution < -0.4 is 15.5 Å². The van der Waals surface area contributed by atoms with E-state index in [1.807, 2.05) is 7.05 Å². The van der Waals surface area contributed by atoms with Crippen molar-refractivity contribution in [1.29, 1.82) is 0 Å². The first-order chi connectivity index (χ1) is 14.7. The number of aryl methyl sites for hydroxylation is 1. The van der Waals surface area contributed by atoms with Gasteiger partial charge in [0.2, 0.25) is 0 Å². The molecular formula is C24H32IN5O. The van der Waals surface area contributed by atoms with Crippen molar-refractivity contribution >= 4 is 46.5 Å². The monoisotopic (exact) mass is 533 g/mol. The molecule has 3 aromatic rings. The van der Waals surface area contributed by atoms with Crippen molar-refractivity contribution in [1.82, 2.24) is 15.6 Å². The number of ether oxygens (including phenoxy) is 1. The third kappa shape index (κ3) is 6.13. The zero-order valence-corrected chi connectivity index (χ0v) is 20.6. The van der Waals surface area contributed by atoms with Gasteiger partial charge >= 0.3 is 0 Å². The molecule has 0 spiro atoms. The second-order valence-corrected chi connectivity index (χ2v) is 7.73. The Morgan fingerprint density at radius 3 is 2.61 bits per heavy atom. The molecule has 4 rings (SSSR count). The molecule has 0 atom stereocenters. The largest absolute Gasteiger partial charge is 0.378 e. The van der Waals surface area contributed by atoms with Gasteiger partial charge < -0.3 is 25.3 Å². The van der Waals surface area contributed by atoms with E-state index >= 15 is 0 Å². The van der Waals surface area contributed by atoms with Crippen LogP contribution in [0.5, 0.6) is 0 Å². The molecule has 7 heteroatoms. The van der Waals surface area contributed by atoms with Crippen molar-refractivity contribution in [2.24, 2.45) is 4.99 Å². The quantitative estimate of drug-likeness (QED) is 0.256. The van der Waals surface area contributed by atoms with Crippen LogP contribution >= 0.6 is 24.0 Å². The summed E-state index contributed by atoms with van der Waals surface area (Å²) in [6, 6.07) is 15.3. The van der Waals surface area contributed by atoms with E-state index in [1.165, 1.54) is 33.3 Å². The van der Waals surface area contributed by atoms with Crippen LogP contribution in [0.25, 0.3) is 10.9 Å². The van der Waals surface area contributed by atoms with Crippen molar-refractivity contribution in [2.45, 2.75) is 19.9 Å². The summed E-state index contributed by atoms with van der Waals surface area (Å²) in [6.07, 6.45) is 3.05. The molecule has 2 heterocycles. The van der Waals surface area contributed by atoms with Crippen LogP contribution in [0.15, 0.2) is 53.7 Å². The summed E-state index contributed by atoms with van der Waals surface area (Å²) in [6.45, 7) is 7.24. The molecule has 0 amide bonds. The minimum Gasteiger partial charge on any atom is -0.378 e. The number of rotatable bonds is 6. The number of fused-ring (bicyclic) bond motifs is 1. The standard InChI is InChI=1S/C24H31N5O.HI/c1-18-3-8-22-20(17-27-23(22)15-18)9-10-26-24(25-2)28-16-19-4-6-21(7-5-19)29-11-13-30-14-12-29;/h3-8,15,17,27H,9-14,16H2,1-2H3,(H2,25,26,28);1H. The number of hydrogen-bond acceptors (Lipinski definition) is 3. The molecule has 0 bridgehead atoms. The molecule has 1 aliphatic rings. The molecule has 0 unspecified atom stereocenters. The third-order valence-electron chi connectivity index (χ3n) is 5.61. The number of aliphatic imine (C=N–C) groups is 1. The van der Waals surface area contributed by atoms with Gasteiger partial charge in [-0.05, 0) is 48.2 Å². The Labute approximate surface area is 201 Å². The molecule has 166 valence electrons. The van der Waals surface area contributed by atoms with Crippen LogP contribution in [0.1, 0.15) is 16.7 Å². The third-order valence-corrected chi connectivity index (χ3v) is 5.61. The molecule has 1 fully saturated rings. The topological polar surface area (TPSA) is 64.7 Å². The van der Waals surface area contributed by atoms with Gasteiger partial charge in [-0.3, -0.25) is 4.99 Å². The SMILES string of the molecule is CN=C(NCCc1c[nH]c2cc(C)ccc12)NCc1ccc(N2CCOCC2)cc1.I. The molecule has 1 aliphatic heterocycles. The van der Waals surface area contributed by atoms with Gasteiger partial charge in [0, 0.05) is 56.0 Å². The van der Waals surface area contributed by atoms with Crippen LogP contribution in [0.2, 0.25) is 0 Å².